The molecular weight excluding hydrogens is 694 g/mol. The lowest BCUT2D eigenvalue weighted by molar-refractivity contribution is -0.297. The predicted molar refractivity (Wildman–Crippen MR) is 193 cm³/mol. The van der Waals surface area contributed by atoms with Crippen LogP contribution in [0.15, 0.2) is 146 Å². The minimum Gasteiger partial charge on any atom is -0.459 e. The quantitative estimate of drug-likeness (QED) is 0.105. The molecule has 1 aliphatic carbocycles. The van der Waals surface area contributed by atoms with Crippen molar-refractivity contribution in [3.8, 4) is 0 Å². The SMILES string of the molecule is O=C(OC[C@H]1O[C@@H](OCCNC(=O)C2C=CC=C2)[C@H](OC(=O)c2ccccc2)[C@@H](OC(=O)c2ccccc2)[C@@H]1OC(=O)c1ccccc1)c1ccccc1. The second-order valence-corrected chi connectivity index (χ2v) is 12.2. The van der Waals surface area contributed by atoms with E-state index in [1.165, 1.54) is 36.4 Å². The summed E-state index contributed by atoms with van der Waals surface area (Å²) in [5.74, 6) is -3.83. The van der Waals surface area contributed by atoms with Crippen LogP contribution in [0.25, 0.3) is 0 Å². The Bertz CT molecular complexity index is 1940. The van der Waals surface area contributed by atoms with Crippen LogP contribution in [0.3, 0.4) is 0 Å². The Balaban J connectivity index is 1.34. The highest BCUT2D eigenvalue weighted by Crippen LogP contribution is 2.32. The van der Waals surface area contributed by atoms with Gasteiger partial charge in [0.25, 0.3) is 0 Å². The average molecular weight is 732 g/mol. The number of amides is 1. The average Bonchev–Trinajstić information content (AvgIpc) is 3.77. The first-order valence-corrected chi connectivity index (χ1v) is 17.3. The lowest BCUT2D eigenvalue weighted by Crippen LogP contribution is -2.63. The highest BCUT2D eigenvalue weighted by molar-refractivity contribution is 5.91. The van der Waals surface area contributed by atoms with Gasteiger partial charge in [0, 0.05) is 6.54 Å². The normalized spacial score (nSPS) is 20.4. The van der Waals surface area contributed by atoms with Crippen LogP contribution in [0.4, 0.5) is 0 Å². The van der Waals surface area contributed by atoms with E-state index >= 15 is 0 Å². The number of allylic oxidation sites excluding steroid dienone is 2. The van der Waals surface area contributed by atoms with E-state index in [1.807, 2.05) is 0 Å². The first-order chi connectivity index (χ1) is 26.4. The van der Waals surface area contributed by atoms with Gasteiger partial charge in [0.05, 0.1) is 34.8 Å². The molecule has 4 aromatic rings. The molecule has 5 atom stereocenters. The number of carbonyl (C=O) groups is 5. The topological polar surface area (TPSA) is 153 Å². The van der Waals surface area contributed by atoms with E-state index in [-0.39, 0.29) is 41.3 Å². The molecule has 0 saturated carbocycles. The molecule has 276 valence electrons. The third-order valence-corrected chi connectivity index (χ3v) is 8.47. The minimum atomic E-state index is -1.56. The van der Waals surface area contributed by atoms with Crippen molar-refractivity contribution < 1.29 is 52.4 Å². The van der Waals surface area contributed by atoms with Crippen molar-refractivity contribution in [3.63, 3.8) is 0 Å². The maximum Gasteiger partial charge on any atom is 0.338 e. The molecule has 12 heteroatoms. The Morgan fingerprint density at radius 2 is 0.963 bits per heavy atom. The Labute approximate surface area is 311 Å². The lowest BCUT2D eigenvalue weighted by Gasteiger charge is -2.44. The number of ether oxygens (including phenoxy) is 6. The molecule has 1 heterocycles. The number of nitrogens with one attached hydrogen (secondary N) is 1. The second-order valence-electron chi connectivity index (χ2n) is 12.2. The summed E-state index contributed by atoms with van der Waals surface area (Å²) in [5, 5.41) is 2.78. The Hall–Kier alpha value is -6.37. The molecule has 1 saturated heterocycles. The van der Waals surface area contributed by atoms with Gasteiger partial charge in [0.15, 0.2) is 24.6 Å². The summed E-state index contributed by atoms with van der Waals surface area (Å²) in [7, 11) is 0. The van der Waals surface area contributed by atoms with Crippen LogP contribution in [-0.2, 0) is 33.2 Å². The molecule has 54 heavy (non-hydrogen) atoms. The number of rotatable bonds is 14. The molecule has 1 aliphatic heterocycles. The summed E-state index contributed by atoms with van der Waals surface area (Å²) >= 11 is 0. The molecule has 0 unspecified atom stereocenters. The van der Waals surface area contributed by atoms with Crippen LogP contribution in [0.2, 0.25) is 0 Å². The zero-order valence-corrected chi connectivity index (χ0v) is 28.9. The molecule has 0 spiro atoms. The number of esters is 4. The summed E-state index contributed by atoms with van der Waals surface area (Å²) in [4.78, 5) is 66.7. The number of hydrogen-bond acceptors (Lipinski definition) is 11. The Morgan fingerprint density at radius 3 is 1.44 bits per heavy atom. The number of hydrogen-bond donors (Lipinski definition) is 1. The van der Waals surface area contributed by atoms with Crippen molar-refractivity contribution in [1.82, 2.24) is 5.32 Å². The van der Waals surface area contributed by atoms with Crippen molar-refractivity contribution in [2.75, 3.05) is 19.8 Å². The van der Waals surface area contributed by atoms with Crippen LogP contribution in [0.5, 0.6) is 0 Å². The van der Waals surface area contributed by atoms with Gasteiger partial charge in [0.1, 0.15) is 12.7 Å². The molecule has 2 aliphatic rings. The highest BCUT2D eigenvalue weighted by atomic mass is 16.7. The molecule has 6 rings (SSSR count). The monoisotopic (exact) mass is 731 g/mol. The molecule has 4 aromatic carbocycles. The van der Waals surface area contributed by atoms with Crippen molar-refractivity contribution in [2.45, 2.75) is 30.7 Å². The summed E-state index contributed by atoms with van der Waals surface area (Å²) in [6.07, 6.45) is -0.344. The van der Waals surface area contributed by atoms with E-state index < -0.39 is 67.1 Å². The molecule has 1 amide bonds. The van der Waals surface area contributed by atoms with Gasteiger partial charge in [-0.2, -0.15) is 0 Å². The van der Waals surface area contributed by atoms with Gasteiger partial charge < -0.3 is 33.7 Å². The zero-order valence-electron chi connectivity index (χ0n) is 28.9. The fourth-order valence-electron chi connectivity index (χ4n) is 5.74. The maximum atomic E-state index is 13.7. The standard InChI is InChI=1S/C42H37NO11/c44-37(28-15-13-14-16-28)43-25-26-49-42-36(54-41(48)32-23-11-4-12-24-32)35(53-40(47)31-21-9-3-10-22-31)34(52-39(46)30-19-7-2-8-20-30)33(51-42)27-50-38(45)29-17-5-1-6-18-29/h1-24,28,33-36,42H,25-27H2,(H,43,44)/t33-,34-,35+,36-,42-/m1/s1. The third-order valence-electron chi connectivity index (χ3n) is 8.47. The first kappa shape index (κ1) is 37.4. The van der Waals surface area contributed by atoms with Crippen LogP contribution >= 0.6 is 0 Å². The van der Waals surface area contributed by atoms with Crippen molar-refractivity contribution in [3.05, 3.63) is 168 Å². The van der Waals surface area contributed by atoms with Crippen LogP contribution in [0, 0.1) is 5.92 Å². The second kappa shape index (κ2) is 18.4. The fourth-order valence-corrected chi connectivity index (χ4v) is 5.74. The first-order valence-electron chi connectivity index (χ1n) is 17.3. The highest BCUT2D eigenvalue weighted by Gasteiger charge is 2.53. The molecule has 1 fully saturated rings. The third kappa shape index (κ3) is 9.73. The van der Waals surface area contributed by atoms with Crippen LogP contribution in [0.1, 0.15) is 41.4 Å². The Morgan fingerprint density at radius 1 is 0.537 bits per heavy atom. The fraction of sp³-hybridized carbons (Fsp3) is 0.214. The maximum absolute atomic E-state index is 13.7. The van der Waals surface area contributed by atoms with E-state index in [0.29, 0.717) is 0 Å². The molecule has 12 nitrogen and oxygen atoms in total. The van der Waals surface area contributed by atoms with Crippen molar-refractivity contribution in [1.29, 1.82) is 0 Å². The summed E-state index contributed by atoms with van der Waals surface area (Å²) in [6.45, 7) is -0.596. The van der Waals surface area contributed by atoms with E-state index in [0.717, 1.165) is 0 Å². The van der Waals surface area contributed by atoms with Gasteiger partial charge in [-0.25, -0.2) is 19.2 Å². The number of benzene rings is 4. The zero-order chi connectivity index (χ0) is 37.7. The molecular formula is C42H37NO11. The van der Waals surface area contributed by atoms with Crippen molar-refractivity contribution >= 4 is 29.8 Å². The lowest BCUT2D eigenvalue weighted by atomic mass is 9.97. The number of carbonyl (C=O) groups excluding carboxylic acids is 5. The molecule has 0 aromatic heterocycles. The van der Waals surface area contributed by atoms with Gasteiger partial charge in [-0.05, 0) is 48.5 Å². The molecule has 0 bridgehead atoms. The van der Waals surface area contributed by atoms with E-state index in [9.17, 15) is 24.0 Å². The van der Waals surface area contributed by atoms with E-state index in [2.05, 4.69) is 5.32 Å². The van der Waals surface area contributed by atoms with Crippen LogP contribution in [-0.4, -0.2) is 80.2 Å². The van der Waals surface area contributed by atoms with Gasteiger partial charge in [-0.1, -0.05) is 97.1 Å². The van der Waals surface area contributed by atoms with Gasteiger partial charge >= 0.3 is 23.9 Å². The summed E-state index contributed by atoms with van der Waals surface area (Å²) in [6, 6.07) is 32.5. The van der Waals surface area contributed by atoms with Crippen LogP contribution < -0.4 is 5.32 Å². The Kier molecular flexibility index (Phi) is 12.7. The smallest absolute Gasteiger partial charge is 0.338 e. The molecule has 0 radical (unpaired) electrons. The van der Waals surface area contributed by atoms with Gasteiger partial charge in [0.2, 0.25) is 5.91 Å². The largest absolute Gasteiger partial charge is 0.459 e. The molecule has 1 N–H and O–H groups in total. The van der Waals surface area contributed by atoms with Gasteiger partial charge in [-0.15, -0.1) is 0 Å². The van der Waals surface area contributed by atoms with Crippen molar-refractivity contribution in [2.24, 2.45) is 5.92 Å². The minimum absolute atomic E-state index is 0.0325. The van der Waals surface area contributed by atoms with E-state index in [1.54, 1.807) is 109 Å². The predicted octanol–water partition coefficient (Wildman–Crippen LogP) is 5.12. The van der Waals surface area contributed by atoms with Gasteiger partial charge in [-0.3, -0.25) is 4.79 Å². The summed E-state index contributed by atoms with van der Waals surface area (Å²) in [5.41, 5.74) is 0.756. The summed E-state index contributed by atoms with van der Waals surface area (Å²) < 4.78 is 36.1. The van der Waals surface area contributed by atoms with E-state index in [4.69, 9.17) is 28.4 Å².